The van der Waals surface area contributed by atoms with Crippen LogP contribution >= 0.6 is 0 Å². The van der Waals surface area contributed by atoms with Crippen LogP contribution in [-0.4, -0.2) is 10.1 Å². The van der Waals surface area contributed by atoms with E-state index < -0.39 is 0 Å². The van der Waals surface area contributed by atoms with E-state index in [1.165, 1.54) is 6.07 Å². The van der Waals surface area contributed by atoms with Gasteiger partial charge in [0.05, 0.1) is 11.3 Å². The SMILES string of the molecule is Cc1[nH]c2ccc(O)c(N)c2c1C#N. The Kier molecular flexibility index (Phi) is 1.61. The van der Waals surface area contributed by atoms with Gasteiger partial charge in [-0.05, 0) is 19.1 Å². The van der Waals surface area contributed by atoms with Gasteiger partial charge in [0.1, 0.15) is 11.8 Å². The molecule has 14 heavy (non-hydrogen) atoms. The lowest BCUT2D eigenvalue weighted by atomic mass is 10.1. The molecule has 2 aromatic rings. The summed E-state index contributed by atoms with van der Waals surface area (Å²) in [7, 11) is 0. The quantitative estimate of drug-likeness (QED) is 0.433. The number of hydrogen-bond donors (Lipinski definition) is 3. The Balaban J connectivity index is 3.00. The molecule has 0 aliphatic rings. The smallest absolute Gasteiger partial charge is 0.139 e. The van der Waals surface area contributed by atoms with E-state index in [0.717, 1.165) is 11.2 Å². The number of phenols is 1. The zero-order valence-electron chi connectivity index (χ0n) is 7.63. The van der Waals surface area contributed by atoms with Gasteiger partial charge in [0.15, 0.2) is 0 Å². The maximum Gasteiger partial charge on any atom is 0.139 e. The molecule has 70 valence electrons. The lowest BCUT2D eigenvalue weighted by Gasteiger charge is -1.99. The zero-order valence-corrected chi connectivity index (χ0v) is 7.63. The summed E-state index contributed by atoms with van der Waals surface area (Å²) in [6, 6.07) is 5.28. The van der Waals surface area contributed by atoms with Crippen LogP contribution in [0.4, 0.5) is 5.69 Å². The number of benzene rings is 1. The van der Waals surface area contributed by atoms with Gasteiger partial charge in [-0.25, -0.2) is 0 Å². The van der Waals surface area contributed by atoms with E-state index in [9.17, 15) is 5.11 Å². The van der Waals surface area contributed by atoms with E-state index in [0.29, 0.717) is 10.9 Å². The fraction of sp³-hybridized carbons (Fsp3) is 0.100. The third-order valence-corrected chi connectivity index (χ3v) is 2.28. The Hall–Kier alpha value is -2.15. The van der Waals surface area contributed by atoms with Gasteiger partial charge in [-0.2, -0.15) is 5.26 Å². The number of anilines is 1. The molecule has 0 aliphatic heterocycles. The number of aromatic nitrogens is 1. The van der Waals surface area contributed by atoms with Gasteiger partial charge >= 0.3 is 0 Å². The summed E-state index contributed by atoms with van der Waals surface area (Å²) in [5.41, 5.74) is 7.97. The maximum absolute atomic E-state index is 9.40. The summed E-state index contributed by atoms with van der Waals surface area (Å²) in [6.07, 6.45) is 0. The number of hydrogen-bond acceptors (Lipinski definition) is 3. The van der Waals surface area contributed by atoms with Crippen molar-refractivity contribution in [3.63, 3.8) is 0 Å². The van der Waals surface area contributed by atoms with E-state index in [4.69, 9.17) is 11.0 Å². The number of nitrogens with two attached hydrogens (primary N) is 1. The Bertz CT molecular complexity index is 548. The number of nitrogens with zero attached hydrogens (tertiary/aromatic N) is 1. The van der Waals surface area contributed by atoms with Crippen LogP contribution in [0.1, 0.15) is 11.3 Å². The molecule has 4 N–H and O–H groups in total. The normalized spacial score (nSPS) is 10.3. The molecule has 0 fully saturated rings. The van der Waals surface area contributed by atoms with E-state index in [1.54, 1.807) is 13.0 Å². The third kappa shape index (κ3) is 0.927. The second-order valence-electron chi connectivity index (χ2n) is 3.16. The molecule has 0 amide bonds. The van der Waals surface area contributed by atoms with Crippen molar-refractivity contribution < 1.29 is 5.11 Å². The van der Waals surface area contributed by atoms with E-state index in [-0.39, 0.29) is 11.4 Å². The number of nitrogens with one attached hydrogen (secondary N) is 1. The number of fused-ring (bicyclic) bond motifs is 1. The van der Waals surface area contributed by atoms with E-state index >= 15 is 0 Å². The Morgan fingerprint density at radius 2 is 2.21 bits per heavy atom. The Morgan fingerprint density at radius 3 is 2.86 bits per heavy atom. The van der Waals surface area contributed by atoms with E-state index in [1.807, 2.05) is 0 Å². The summed E-state index contributed by atoms with van der Waals surface area (Å²) in [5.74, 6) is 0.00741. The van der Waals surface area contributed by atoms with Gasteiger partial charge in [0.25, 0.3) is 0 Å². The van der Waals surface area contributed by atoms with Gasteiger partial charge < -0.3 is 15.8 Å². The highest BCUT2D eigenvalue weighted by atomic mass is 16.3. The largest absolute Gasteiger partial charge is 0.506 e. The second kappa shape index (κ2) is 2.67. The highest BCUT2D eigenvalue weighted by Crippen LogP contribution is 2.32. The molecule has 0 bridgehead atoms. The van der Waals surface area contributed by atoms with Crippen molar-refractivity contribution in [2.24, 2.45) is 0 Å². The van der Waals surface area contributed by atoms with Crippen molar-refractivity contribution in [3.05, 3.63) is 23.4 Å². The number of phenolic OH excluding ortho intramolecular Hbond substituents is 1. The molecule has 0 saturated carbocycles. The summed E-state index contributed by atoms with van der Waals surface area (Å²) in [4.78, 5) is 3.03. The monoisotopic (exact) mass is 187 g/mol. The predicted molar refractivity (Wildman–Crippen MR) is 53.8 cm³/mol. The lowest BCUT2D eigenvalue weighted by Crippen LogP contribution is -1.87. The third-order valence-electron chi connectivity index (χ3n) is 2.28. The molecule has 1 aromatic carbocycles. The van der Waals surface area contributed by atoms with Gasteiger partial charge in [0.2, 0.25) is 0 Å². The first-order chi connectivity index (χ1) is 6.65. The topological polar surface area (TPSA) is 85.8 Å². The van der Waals surface area contributed by atoms with Gasteiger partial charge in [-0.3, -0.25) is 0 Å². The molecule has 0 unspecified atom stereocenters. The molecule has 0 radical (unpaired) electrons. The highest BCUT2D eigenvalue weighted by Gasteiger charge is 2.12. The first-order valence-corrected chi connectivity index (χ1v) is 4.15. The molecule has 0 aliphatic carbocycles. The standard InChI is InChI=1S/C10H9N3O/c1-5-6(4-11)9-7(13-5)2-3-8(14)10(9)12/h2-3,13-14H,12H2,1H3. The first kappa shape index (κ1) is 8.45. The van der Waals surface area contributed by atoms with Gasteiger partial charge in [0, 0.05) is 16.6 Å². The number of H-pyrrole nitrogens is 1. The molecular formula is C10H9N3O. The summed E-state index contributed by atoms with van der Waals surface area (Å²) in [6.45, 7) is 1.80. The van der Waals surface area contributed by atoms with Crippen LogP contribution in [0.2, 0.25) is 0 Å². The lowest BCUT2D eigenvalue weighted by molar-refractivity contribution is 0.478. The van der Waals surface area contributed by atoms with Crippen molar-refractivity contribution in [3.8, 4) is 11.8 Å². The molecule has 4 nitrogen and oxygen atoms in total. The molecule has 0 saturated heterocycles. The van der Waals surface area contributed by atoms with Gasteiger partial charge in [-0.15, -0.1) is 0 Å². The first-order valence-electron chi connectivity index (χ1n) is 4.15. The molecule has 0 atom stereocenters. The summed E-state index contributed by atoms with van der Waals surface area (Å²) in [5, 5.41) is 18.9. The van der Waals surface area contributed by atoms with Crippen LogP contribution in [-0.2, 0) is 0 Å². The van der Waals surface area contributed by atoms with Crippen molar-refractivity contribution in [1.82, 2.24) is 4.98 Å². The average Bonchev–Trinajstić information content (AvgIpc) is 2.48. The second-order valence-corrected chi connectivity index (χ2v) is 3.16. The van der Waals surface area contributed by atoms with Crippen molar-refractivity contribution in [2.75, 3.05) is 5.73 Å². The number of aryl methyl sites for hydroxylation is 1. The molecule has 4 heteroatoms. The van der Waals surface area contributed by atoms with Gasteiger partial charge in [-0.1, -0.05) is 0 Å². The number of aromatic hydroxyl groups is 1. The summed E-state index contributed by atoms with van der Waals surface area (Å²) < 4.78 is 0. The molecule has 1 heterocycles. The van der Waals surface area contributed by atoms with Crippen molar-refractivity contribution >= 4 is 16.6 Å². The number of nitrogen functional groups attached to an aromatic ring is 1. The minimum Gasteiger partial charge on any atom is -0.506 e. The Morgan fingerprint density at radius 1 is 1.50 bits per heavy atom. The van der Waals surface area contributed by atoms with Crippen LogP contribution in [0.5, 0.6) is 5.75 Å². The highest BCUT2D eigenvalue weighted by molar-refractivity contribution is 5.99. The fourth-order valence-corrected chi connectivity index (χ4v) is 1.57. The molecular weight excluding hydrogens is 178 g/mol. The average molecular weight is 187 g/mol. The molecule has 1 aromatic heterocycles. The van der Waals surface area contributed by atoms with E-state index in [2.05, 4.69) is 11.1 Å². The number of nitriles is 1. The van der Waals surface area contributed by atoms with Crippen LogP contribution in [0.25, 0.3) is 10.9 Å². The minimum absolute atomic E-state index is 0.00741. The number of aromatic amines is 1. The fourth-order valence-electron chi connectivity index (χ4n) is 1.57. The minimum atomic E-state index is 0.00741. The molecule has 0 spiro atoms. The van der Waals surface area contributed by atoms with Crippen LogP contribution in [0.15, 0.2) is 12.1 Å². The summed E-state index contributed by atoms with van der Waals surface area (Å²) >= 11 is 0. The van der Waals surface area contributed by atoms with Crippen molar-refractivity contribution in [1.29, 1.82) is 5.26 Å². The Labute approximate surface area is 80.6 Å². The molecule has 2 rings (SSSR count). The van der Waals surface area contributed by atoms with Crippen molar-refractivity contribution in [2.45, 2.75) is 6.92 Å². The zero-order chi connectivity index (χ0) is 10.3. The predicted octanol–water partition coefficient (Wildman–Crippen LogP) is 1.64. The van der Waals surface area contributed by atoms with Crippen LogP contribution in [0.3, 0.4) is 0 Å². The number of rotatable bonds is 0. The maximum atomic E-state index is 9.40. The van der Waals surface area contributed by atoms with Crippen LogP contribution in [0, 0.1) is 18.3 Å². The van der Waals surface area contributed by atoms with Crippen LogP contribution < -0.4 is 5.73 Å².